The Morgan fingerprint density at radius 2 is 2.25 bits per heavy atom. The molecule has 5 heteroatoms. The van der Waals surface area contributed by atoms with E-state index in [1.165, 1.54) is 0 Å². The van der Waals surface area contributed by atoms with Crippen molar-refractivity contribution in [2.24, 2.45) is 0 Å². The molecule has 0 amide bonds. The third-order valence-electron chi connectivity index (χ3n) is 2.54. The molecule has 1 saturated heterocycles. The number of hydrogen-bond donors (Lipinski definition) is 1. The minimum Gasteiger partial charge on any atom is -0.473 e. The smallest absolute Gasteiger partial charge is 0.234 e. The molecule has 0 unspecified atom stereocenters. The van der Waals surface area contributed by atoms with Crippen LogP contribution in [0.25, 0.3) is 0 Å². The van der Waals surface area contributed by atoms with Gasteiger partial charge in [-0.05, 0) is 32.0 Å². The van der Waals surface area contributed by atoms with Gasteiger partial charge in [0.1, 0.15) is 17.2 Å². The number of pyridine rings is 1. The van der Waals surface area contributed by atoms with Crippen molar-refractivity contribution in [1.82, 2.24) is 10.3 Å². The first-order valence-electron chi connectivity index (χ1n) is 5.23. The molecule has 1 aromatic rings. The number of hydrogen-bond acceptors (Lipinski definition) is 4. The van der Waals surface area contributed by atoms with Gasteiger partial charge in [0.2, 0.25) is 5.88 Å². The van der Waals surface area contributed by atoms with Crippen LogP contribution in [0.3, 0.4) is 0 Å². The normalized spacial score (nSPS) is 16.8. The van der Waals surface area contributed by atoms with Gasteiger partial charge in [-0.15, -0.1) is 0 Å². The maximum absolute atomic E-state index is 8.82. The summed E-state index contributed by atoms with van der Waals surface area (Å²) in [5.41, 5.74) is 0.403. The molecule has 2 heterocycles. The standard InChI is InChI=1S/C11H12ClN3O/c12-10-8(7-13)1-6-15-11(10)16-9-2-4-14-5-3-9/h1,6,9,14H,2-5H2. The fourth-order valence-electron chi connectivity index (χ4n) is 1.66. The Morgan fingerprint density at radius 1 is 1.50 bits per heavy atom. The second-order valence-corrected chi connectivity index (χ2v) is 4.03. The molecule has 4 nitrogen and oxygen atoms in total. The van der Waals surface area contributed by atoms with Crippen molar-refractivity contribution in [3.05, 3.63) is 22.8 Å². The highest BCUT2D eigenvalue weighted by Crippen LogP contribution is 2.26. The molecule has 0 saturated carbocycles. The minimum atomic E-state index is 0.139. The molecule has 0 radical (unpaired) electrons. The zero-order valence-electron chi connectivity index (χ0n) is 8.74. The van der Waals surface area contributed by atoms with E-state index in [1.807, 2.05) is 6.07 Å². The van der Waals surface area contributed by atoms with Crippen molar-refractivity contribution in [3.8, 4) is 11.9 Å². The largest absolute Gasteiger partial charge is 0.473 e. The van der Waals surface area contributed by atoms with Gasteiger partial charge in [-0.1, -0.05) is 11.6 Å². The lowest BCUT2D eigenvalue weighted by Crippen LogP contribution is -2.34. The summed E-state index contributed by atoms with van der Waals surface area (Å²) < 4.78 is 5.69. The second-order valence-electron chi connectivity index (χ2n) is 3.66. The van der Waals surface area contributed by atoms with Gasteiger partial charge in [0, 0.05) is 6.20 Å². The summed E-state index contributed by atoms with van der Waals surface area (Å²) in [4.78, 5) is 4.06. The van der Waals surface area contributed by atoms with Crippen molar-refractivity contribution in [3.63, 3.8) is 0 Å². The number of nitriles is 1. The van der Waals surface area contributed by atoms with E-state index in [2.05, 4.69) is 10.3 Å². The van der Waals surface area contributed by atoms with Gasteiger partial charge < -0.3 is 10.1 Å². The molecule has 1 aliphatic heterocycles. The van der Waals surface area contributed by atoms with E-state index in [4.69, 9.17) is 21.6 Å². The highest BCUT2D eigenvalue weighted by Gasteiger charge is 2.17. The molecule has 1 N–H and O–H groups in total. The molecule has 1 aromatic heterocycles. The van der Waals surface area contributed by atoms with Crippen LogP contribution in [0.4, 0.5) is 0 Å². The van der Waals surface area contributed by atoms with Crippen LogP contribution >= 0.6 is 11.6 Å². The zero-order chi connectivity index (χ0) is 11.4. The Morgan fingerprint density at radius 3 is 2.94 bits per heavy atom. The summed E-state index contributed by atoms with van der Waals surface area (Å²) in [6.07, 6.45) is 3.56. The zero-order valence-corrected chi connectivity index (χ0v) is 9.50. The summed E-state index contributed by atoms with van der Waals surface area (Å²) >= 11 is 6.00. The molecule has 16 heavy (non-hydrogen) atoms. The monoisotopic (exact) mass is 237 g/mol. The quantitative estimate of drug-likeness (QED) is 0.851. The van der Waals surface area contributed by atoms with E-state index in [9.17, 15) is 0 Å². The Hall–Kier alpha value is -1.31. The van der Waals surface area contributed by atoms with E-state index >= 15 is 0 Å². The van der Waals surface area contributed by atoms with Crippen LogP contribution in [-0.2, 0) is 0 Å². The van der Waals surface area contributed by atoms with Crippen LogP contribution in [0.2, 0.25) is 5.02 Å². The van der Waals surface area contributed by atoms with Crippen LogP contribution in [0.5, 0.6) is 5.88 Å². The molecular weight excluding hydrogens is 226 g/mol. The number of aromatic nitrogens is 1. The van der Waals surface area contributed by atoms with Crippen LogP contribution in [0, 0.1) is 11.3 Å². The third-order valence-corrected chi connectivity index (χ3v) is 2.91. The first-order chi connectivity index (χ1) is 7.81. The predicted octanol–water partition coefficient (Wildman–Crippen LogP) is 1.74. The van der Waals surface area contributed by atoms with Gasteiger partial charge in [-0.25, -0.2) is 4.98 Å². The number of halogens is 1. The van der Waals surface area contributed by atoms with Gasteiger partial charge in [0.15, 0.2) is 0 Å². The van der Waals surface area contributed by atoms with E-state index in [-0.39, 0.29) is 6.10 Å². The Bertz CT molecular complexity index is 410. The minimum absolute atomic E-state index is 0.139. The summed E-state index contributed by atoms with van der Waals surface area (Å²) in [7, 11) is 0. The van der Waals surface area contributed by atoms with E-state index in [0.29, 0.717) is 16.5 Å². The fourth-order valence-corrected chi connectivity index (χ4v) is 1.86. The Balaban J connectivity index is 2.12. The van der Waals surface area contributed by atoms with Crippen molar-refractivity contribution < 1.29 is 4.74 Å². The molecule has 1 aliphatic rings. The summed E-state index contributed by atoms with van der Waals surface area (Å²) in [5, 5.41) is 12.4. The fraction of sp³-hybridized carbons (Fsp3) is 0.455. The average Bonchev–Trinajstić information content (AvgIpc) is 2.33. The summed E-state index contributed by atoms with van der Waals surface area (Å²) in [5.74, 6) is 0.368. The van der Waals surface area contributed by atoms with Gasteiger partial charge in [-0.2, -0.15) is 5.26 Å². The lowest BCUT2D eigenvalue weighted by Gasteiger charge is -2.23. The van der Waals surface area contributed by atoms with Gasteiger partial charge in [-0.3, -0.25) is 0 Å². The van der Waals surface area contributed by atoms with E-state index in [0.717, 1.165) is 25.9 Å². The predicted molar refractivity (Wildman–Crippen MR) is 60.5 cm³/mol. The van der Waals surface area contributed by atoms with Crippen molar-refractivity contribution >= 4 is 11.6 Å². The first-order valence-corrected chi connectivity index (χ1v) is 5.61. The molecule has 0 spiro atoms. The molecule has 84 valence electrons. The molecule has 0 aromatic carbocycles. The maximum atomic E-state index is 8.82. The maximum Gasteiger partial charge on any atom is 0.234 e. The van der Waals surface area contributed by atoms with Gasteiger partial charge >= 0.3 is 0 Å². The average molecular weight is 238 g/mol. The van der Waals surface area contributed by atoms with Crippen LogP contribution in [0.15, 0.2) is 12.3 Å². The highest BCUT2D eigenvalue weighted by atomic mass is 35.5. The molecule has 1 fully saturated rings. The van der Waals surface area contributed by atoms with Crippen molar-refractivity contribution in [2.75, 3.05) is 13.1 Å². The van der Waals surface area contributed by atoms with Gasteiger partial charge in [0.05, 0.1) is 5.56 Å². The summed E-state index contributed by atoms with van der Waals surface area (Å²) in [6.45, 7) is 1.89. The number of ether oxygens (including phenoxy) is 1. The number of nitrogens with zero attached hydrogens (tertiary/aromatic N) is 2. The van der Waals surface area contributed by atoms with Crippen molar-refractivity contribution in [1.29, 1.82) is 5.26 Å². The van der Waals surface area contributed by atoms with E-state index in [1.54, 1.807) is 12.3 Å². The van der Waals surface area contributed by atoms with Gasteiger partial charge in [0.25, 0.3) is 0 Å². The lowest BCUT2D eigenvalue weighted by atomic mass is 10.1. The first kappa shape index (κ1) is 11.2. The van der Waals surface area contributed by atoms with Crippen molar-refractivity contribution in [2.45, 2.75) is 18.9 Å². The molecule has 0 bridgehead atoms. The summed E-state index contributed by atoms with van der Waals surface area (Å²) in [6, 6.07) is 3.59. The lowest BCUT2D eigenvalue weighted by molar-refractivity contribution is 0.156. The molecule has 0 aliphatic carbocycles. The molecular formula is C11H12ClN3O. The number of rotatable bonds is 2. The van der Waals surface area contributed by atoms with Crippen LogP contribution < -0.4 is 10.1 Å². The van der Waals surface area contributed by atoms with E-state index < -0.39 is 0 Å². The highest BCUT2D eigenvalue weighted by molar-refractivity contribution is 6.32. The topological polar surface area (TPSA) is 57.9 Å². The molecule has 0 atom stereocenters. The Labute approximate surface area is 99.2 Å². The third kappa shape index (κ3) is 2.43. The number of piperidine rings is 1. The SMILES string of the molecule is N#Cc1ccnc(OC2CCNCC2)c1Cl. The second kappa shape index (κ2) is 5.15. The number of nitrogens with one attached hydrogen (secondary N) is 1. The van der Waals surface area contributed by atoms with Crippen LogP contribution in [0.1, 0.15) is 18.4 Å². The van der Waals surface area contributed by atoms with Crippen LogP contribution in [-0.4, -0.2) is 24.2 Å². The molecule has 2 rings (SSSR count). The Kier molecular flexibility index (Phi) is 3.60.